The molecule has 0 saturated carbocycles. The Labute approximate surface area is 213 Å². The van der Waals surface area contributed by atoms with E-state index in [1.54, 1.807) is 0 Å². The van der Waals surface area contributed by atoms with Gasteiger partial charge in [0.25, 0.3) is 0 Å². The van der Waals surface area contributed by atoms with Gasteiger partial charge >= 0.3 is 22.1 Å². The minimum atomic E-state index is -5.69. The molecule has 12 heteroatoms. The fourth-order valence-corrected chi connectivity index (χ4v) is 5.90. The van der Waals surface area contributed by atoms with E-state index in [2.05, 4.69) is 4.74 Å². The molecule has 38 heavy (non-hydrogen) atoms. The molecule has 0 saturated heterocycles. The van der Waals surface area contributed by atoms with E-state index in [1.165, 1.54) is 0 Å². The summed E-state index contributed by atoms with van der Waals surface area (Å²) in [5, 5.41) is 0. The number of benzene rings is 3. The molecule has 0 fully saturated rings. The van der Waals surface area contributed by atoms with Crippen molar-refractivity contribution in [2.24, 2.45) is 5.92 Å². The highest BCUT2D eigenvalue weighted by Gasteiger charge is 2.47. The molecule has 3 aliphatic carbocycles. The number of ether oxygens (including phenoxy) is 2. The van der Waals surface area contributed by atoms with Crippen LogP contribution in [0.2, 0.25) is 0 Å². The number of rotatable bonds is 5. The molecule has 0 aromatic heterocycles. The topological polar surface area (TPSA) is 107 Å². The number of halogens is 4. The Balaban J connectivity index is 1.38. The van der Waals surface area contributed by atoms with Crippen molar-refractivity contribution in [3.8, 4) is 5.75 Å². The Morgan fingerprint density at radius 3 is 1.82 bits per heavy atom. The summed E-state index contributed by atoms with van der Waals surface area (Å²) >= 11 is 0. The molecule has 2 bridgehead atoms. The molecule has 3 aromatic rings. The second-order valence-corrected chi connectivity index (χ2v) is 10.4. The van der Waals surface area contributed by atoms with Gasteiger partial charge in [-0.05, 0) is 35.6 Å². The monoisotopic (exact) mass is 550 g/mol. The quantitative estimate of drug-likeness (QED) is 0.162. The molecule has 198 valence electrons. The molecule has 0 heterocycles. The molecule has 3 aliphatic rings. The van der Waals surface area contributed by atoms with Gasteiger partial charge < -0.3 is 9.47 Å². The fraction of sp³-hybridized carbons (Fsp3) is 0.231. The summed E-state index contributed by atoms with van der Waals surface area (Å²) in [6.45, 7) is 1.04. The summed E-state index contributed by atoms with van der Waals surface area (Å²) in [6.07, 6.45) is -1.37. The van der Waals surface area contributed by atoms with Crippen LogP contribution in [0.15, 0.2) is 53.4 Å². The van der Waals surface area contributed by atoms with E-state index in [0.717, 1.165) is 29.2 Å². The molecule has 7 nitrogen and oxygen atoms in total. The number of hydrogen-bond donors (Lipinski definition) is 1. The van der Waals surface area contributed by atoms with Crippen LogP contribution in [-0.2, 0) is 24.4 Å². The van der Waals surface area contributed by atoms with Gasteiger partial charge in [-0.2, -0.15) is 17.2 Å². The highest BCUT2D eigenvalue weighted by molar-refractivity contribution is 7.85. The lowest BCUT2D eigenvalue weighted by Crippen LogP contribution is -2.39. The van der Waals surface area contributed by atoms with E-state index >= 15 is 0 Å². The highest BCUT2D eigenvalue weighted by atomic mass is 32.2. The Hall–Kier alpha value is -3.77. The predicted molar refractivity (Wildman–Crippen MR) is 122 cm³/mol. The van der Waals surface area contributed by atoms with E-state index in [1.807, 2.05) is 48.5 Å². The summed E-state index contributed by atoms with van der Waals surface area (Å²) in [5.41, 5.74) is 4.04. The Bertz CT molecular complexity index is 1530. The number of hydrogen-bond acceptors (Lipinski definition) is 6. The summed E-state index contributed by atoms with van der Waals surface area (Å²) in [4.78, 5) is 23.4. The van der Waals surface area contributed by atoms with Gasteiger partial charge in [-0.25, -0.2) is 13.6 Å². The molecule has 0 radical (unpaired) electrons. The maximum Gasteiger partial charge on any atom is 0.352 e. The van der Waals surface area contributed by atoms with Crippen molar-refractivity contribution in [1.29, 1.82) is 0 Å². The molecule has 3 aromatic carbocycles. The highest BCUT2D eigenvalue weighted by Crippen LogP contribution is 2.55. The summed E-state index contributed by atoms with van der Waals surface area (Å²) in [6, 6.07) is 15.3. The summed E-state index contributed by atoms with van der Waals surface area (Å²) in [7, 11) is -5.69. The van der Waals surface area contributed by atoms with Crippen LogP contribution < -0.4 is 4.74 Å². The third kappa shape index (κ3) is 4.04. The van der Waals surface area contributed by atoms with E-state index in [9.17, 15) is 35.6 Å². The van der Waals surface area contributed by atoms with E-state index < -0.39 is 68.0 Å². The van der Waals surface area contributed by atoms with Gasteiger partial charge in [-0.3, -0.25) is 9.35 Å². The zero-order chi connectivity index (χ0) is 27.5. The van der Waals surface area contributed by atoms with Crippen LogP contribution in [0.1, 0.15) is 47.4 Å². The third-order valence-electron chi connectivity index (χ3n) is 6.88. The lowest BCUT2D eigenvalue weighted by Gasteiger charge is -2.44. The zero-order valence-corrected chi connectivity index (χ0v) is 20.3. The fourth-order valence-electron chi connectivity index (χ4n) is 5.27. The molecular weight excluding hydrogens is 532 g/mol. The molecule has 0 amide bonds. The van der Waals surface area contributed by atoms with Gasteiger partial charge in [-0.1, -0.05) is 48.5 Å². The lowest BCUT2D eigenvalue weighted by atomic mass is 9.59. The third-order valence-corrected chi connectivity index (χ3v) is 7.75. The number of carbonyl (C=O) groups excluding carboxylic acids is 2. The minimum absolute atomic E-state index is 0.0948. The standard InChI is InChI=1S/C26H18F4O7S/c1-11(25(31)37-23-19(27)21(29)24(38(33,34)35)22(30)20(23)28)36-26(32)17-10-16-12-6-2-4-8-14(12)18(17)15-9-5-3-7-13(15)16/h2-9,11,16-18H,10H2,1H3,(H,33,34,35). The van der Waals surface area contributed by atoms with Crippen molar-refractivity contribution in [3.63, 3.8) is 0 Å². The first-order valence-electron chi connectivity index (χ1n) is 11.3. The molecule has 2 atom stereocenters. The van der Waals surface area contributed by atoms with E-state index in [0.29, 0.717) is 6.42 Å². The first-order valence-corrected chi connectivity index (χ1v) is 12.8. The van der Waals surface area contributed by atoms with Gasteiger partial charge in [0.2, 0.25) is 17.4 Å². The SMILES string of the molecule is CC(OC(=O)C1CC2c3ccccc3C1c1ccccc12)C(=O)Oc1c(F)c(F)c(S(=O)(=O)O)c(F)c1F. The smallest absolute Gasteiger partial charge is 0.352 e. The maximum atomic E-state index is 14.3. The van der Waals surface area contributed by atoms with Gasteiger partial charge in [0, 0.05) is 11.8 Å². The maximum absolute atomic E-state index is 14.3. The summed E-state index contributed by atoms with van der Waals surface area (Å²) < 4.78 is 97.2. The molecule has 2 unspecified atom stereocenters. The zero-order valence-electron chi connectivity index (χ0n) is 19.5. The van der Waals surface area contributed by atoms with Crippen LogP contribution in [0.4, 0.5) is 17.6 Å². The summed E-state index contributed by atoms with van der Waals surface area (Å²) in [5.74, 6) is -15.1. The molecule has 6 rings (SSSR count). The second kappa shape index (κ2) is 9.21. The van der Waals surface area contributed by atoms with Gasteiger partial charge in [0.05, 0.1) is 5.92 Å². The molecular formula is C26H18F4O7S. The van der Waals surface area contributed by atoms with Gasteiger partial charge in [0.15, 0.2) is 22.6 Å². The predicted octanol–water partition coefficient (Wildman–Crippen LogP) is 4.62. The van der Waals surface area contributed by atoms with Crippen molar-refractivity contribution < 1.29 is 49.6 Å². The van der Waals surface area contributed by atoms with Crippen LogP contribution in [0.3, 0.4) is 0 Å². The van der Waals surface area contributed by atoms with Crippen LogP contribution in [0, 0.1) is 29.2 Å². The molecule has 1 N–H and O–H groups in total. The van der Waals surface area contributed by atoms with Crippen LogP contribution in [-0.4, -0.2) is 31.0 Å². The van der Waals surface area contributed by atoms with Crippen LogP contribution >= 0.6 is 0 Å². The average Bonchev–Trinajstić information content (AvgIpc) is 2.89. The first kappa shape index (κ1) is 25.9. The Morgan fingerprint density at radius 2 is 1.34 bits per heavy atom. The number of carbonyl (C=O) groups is 2. The van der Waals surface area contributed by atoms with Crippen molar-refractivity contribution in [2.45, 2.75) is 36.2 Å². The lowest BCUT2D eigenvalue weighted by molar-refractivity contribution is -0.165. The van der Waals surface area contributed by atoms with E-state index in [4.69, 9.17) is 9.29 Å². The van der Waals surface area contributed by atoms with E-state index in [-0.39, 0.29) is 11.8 Å². The normalized spacial score (nSPS) is 20.3. The Morgan fingerprint density at radius 1 is 0.868 bits per heavy atom. The van der Waals surface area contributed by atoms with Gasteiger partial charge in [-0.15, -0.1) is 0 Å². The van der Waals surface area contributed by atoms with Crippen LogP contribution in [0.5, 0.6) is 5.75 Å². The van der Waals surface area contributed by atoms with Crippen molar-refractivity contribution in [3.05, 3.63) is 94.1 Å². The average molecular weight is 550 g/mol. The minimum Gasteiger partial charge on any atom is -0.450 e. The van der Waals surface area contributed by atoms with Gasteiger partial charge in [0.1, 0.15) is 0 Å². The van der Waals surface area contributed by atoms with Crippen molar-refractivity contribution >= 4 is 22.1 Å². The molecule has 0 aliphatic heterocycles. The number of esters is 2. The van der Waals surface area contributed by atoms with Crippen molar-refractivity contribution in [1.82, 2.24) is 0 Å². The van der Waals surface area contributed by atoms with Crippen LogP contribution in [0.25, 0.3) is 0 Å². The molecule has 0 spiro atoms. The van der Waals surface area contributed by atoms with Crippen molar-refractivity contribution in [2.75, 3.05) is 0 Å². The number of fused-ring (bicyclic) bond motifs is 1. The largest absolute Gasteiger partial charge is 0.450 e. The first-order chi connectivity index (χ1) is 17.9. The Kier molecular flexibility index (Phi) is 6.27. The second-order valence-electron chi connectivity index (χ2n) is 9.02.